The highest BCUT2D eigenvalue weighted by Gasteiger charge is 2.43. The van der Waals surface area contributed by atoms with Crippen molar-refractivity contribution in [3.8, 4) is 5.75 Å². The molecule has 0 saturated carbocycles. The summed E-state index contributed by atoms with van der Waals surface area (Å²) in [6.45, 7) is 3.72. The fourth-order valence-electron chi connectivity index (χ4n) is 4.24. The van der Waals surface area contributed by atoms with Crippen molar-refractivity contribution in [1.29, 1.82) is 0 Å². The Balaban J connectivity index is 1.42. The van der Waals surface area contributed by atoms with Crippen LogP contribution in [0.15, 0.2) is 36.4 Å². The van der Waals surface area contributed by atoms with Gasteiger partial charge in [0, 0.05) is 26.2 Å². The fourth-order valence-corrected chi connectivity index (χ4v) is 4.24. The smallest absolute Gasteiger partial charge is 0.119 e. The minimum atomic E-state index is -0.293. The number of ether oxygens (including phenoxy) is 2. The van der Waals surface area contributed by atoms with E-state index in [0.29, 0.717) is 0 Å². The molecule has 2 heterocycles. The Morgan fingerprint density at radius 2 is 1.92 bits per heavy atom. The van der Waals surface area contributed by atoms with E-state index in [9.17, 15) is 5.11 Å². The number of fused-ring (bicyclic) bond motifs is 1. The Labute approximate surface area is 149 Å². The van der Waals surface area contributed by atoms with E-state index in [-0.39, 0.29) is 11.7 Å². The van der Waals surface area contributed by atoms with Crippen molar-refractivity contribution < 1.29 is 14.6 Å². The zero-order valence-electron chi connectivity index (χ0n) is 14.9. The van der Waals surface area contributed by atoms with Crippen LogP contribution >= 0.6 is 0 Å². The van der Waals surface area contributed by atoms with Crippen LogP contribution in [0.3, 0.4) is 0 Å². The molecule has 1 spiro atoms. The fraction of sp³-hybridized carbons (Fsp3) is 0.524. The highest BCUT2D eigenvalue weighted by molar-refractivity contribution is 5.84. The first kappa shape index (κ1) is 16.8. The minimum Gasteiger partial charge on any atom is -0.497 e. The SMILES string of the molecule is COc1ccc2cc(CN3CCC4(CC3)OCCCC4O)ccc2c1. The van der Waals surface area contributed by atoms with E-state index >= 15 is 0 Å². The Morgan fingerprint density at radius 1 is 1.16 bits per heavy atom. The van der Waals surface area contributed by atoms with Gasteiger partial charge in [0.2, 0.25) is 0 Å². The van der Waals surface area contributed by atoms with Crippen LogP contribution in [-0.2, 0) is 11.3 Å². The molecular weight excluding hydrogens is 314 g/mol. The third kappa shape index (κ3) is 3.39. The van der Waals surface area contributed by atoms with Crippen LogP contribution in [0.25, 0.3) is 10.8 Å². The standard InChI is InChI=1S/C21H27NO3/c1-24-19-7-6-17-13-16(4-5-18(17)14-19)15-22-10-8-21(9-11-22)20(23)3-2-12-25-21/h4-7,13-14,20,23H,2-3,8-12,15H2,1H3. The van der Waals surface area contributed by atoms with Crippen molar-refractivity contribution in [1.82, 2.24) is 4.90 Å². The molecule has 4 rings (SSSR count). The number of benzene rings is 2. The molecule has 0 bridgehead atoms. The van der Waals surface area contributed by atoms with Gasteiger partial charge in [0.15, 0.2) is 0 Å². The molecule has 4 heteroatoms. The molecule has 2 aliphatic rings. The molecule has 2 saturated heterocycles. The third-order valence-electron chi connectivity index (χ3n) is 5.84. The van der Waals surface area contributed by atoms with Crippen LogP contribution in [0.1, 0.15) is 31.2 Å². The number of likely N-dealkylation sites (tertiary alicyclic amines) is 1. The maximum Gasteiger partial charge on any atom is 0.119 e. The summed E-state index contributed by atoms with van der Waals surface area (Å²) in [6, 6.07) is 12.9. The van der Waals surface area contributed by atoms with E-state index in [1.54, 1.807) is 7.11 Å². The number of nitrogens with zero attached hydrogens (tertiary/aromatic N) is 1. The molecule has 1 N–H and O–H groups in total. The quantitative estimate of drug-likeness (QED) is 0.930. The van der Waals surface area contributed by atoms with Gasteiger partial charge >= 0.3 is 0 Å². The van der Waals surface area contributed by atoms with Gasteiger partial charge in [-0.2, -0.15) is 0 Å². The molecule has 2 fully saturated rings. The van der Waals surface area contributed by atoms with E-state index in [0.717, 1.165) is 57.7 Å². The first-order valence-corrected chi connectivity index (χ1v) is 9.30. The molecule has 25 heavy (non-hydrogen) atoms. The summed E-state index contributed by atoms with van der Waals surface area (Å²) in [5, 5.41) is 12.8. The third-order valence-corrected chi connectivity index (χ3v) is 5.84. The molecule has 0 amide bonds. The lowest BCUT2D eigenvalue weighted by Gasteiger charge is -2.46. The van der Waals surface area contributed by atoms with Gasteiger partial charge in [-0.1, -0.05) is 18.2 Å². The van der Waals surface area contributed by atoms with Crippen molar-refractivity contribution in [3.63, 3.8) is 0 Å². The summed E-state index contributed by atoms with van der Waals surface area (Å²) in [6.07, 6.45) is 3.43. The monoisotopic (exact) mass is 341 g/mol. The molecule has 0 aromatic heterocycles. The van der Waals surface area contributed by atoms with E-state index in [1.165, 1.54) is 16.3 Å². The number of methoxy groups -OCH3 is 1. The van der Waals surface area contributed by atoms with Crippen LogP contribution in [0.4, 0.5) is 0 Å². The first-order chi connectivity index (χ1) is 12.2. The maximum atomic E-state index is 10.4. The predicted molar refractivity (Wildman–Crippen MR) is 98.9 cm³/mol. The second-order valence-electron chi connectivity index (χ2n) is 7.39. The van der Waals surface area contributed by atoms with Crippen LogP contribution in [-0.4, -0.2) is 48.5 Å². The van der Waals surface area contributed by atoms with Gasteiger partial charge in [0.05, 0.1) is 18.8 Å². The number of rotatable bonds is 3. The van der Waals surface area contributed by atoms with Crippen molar-refractivity contribution in [2.75, 3.05) is 26.8 Å². The van der Waals surface area contributed by atoms with Crippen molar-refractivity contribution in [3.05, 3.63) is 42.0 Å². The van der Waals surface area contributed by atoms with Gasteiger partial charge in [-0.3, -0.25) is 4.90 Å². The van der Waals surface area contributed by atoms with Crippen LogP contribution in [0, 0.1) is 0 Å². The summed E-state index contributed by atoms with van der Waals surface area (Å²) in [4.78, 5) is 2.47. The highest BCUT2D eigenvalue weighted by Crippen LogP contribution is 2.35. The van der Waals surface area contributed by atoms with Gasteiger partial charge in [0.25, 0.3) is 0 Å². The number of aliphatic hydroxyl groups excluding tert-OH is 1. The second-order valence-corrected chi connectivity index (χ2v) is 7.39. The zero-order valence-corrected chi connectivity index (χ0v) is 14.9. The topological polar surface area (TPSA) is 41.9 Å². The number of aliphatic hydroxyl groups is 1. The van der Waals surface area contributed by atoms with E-state index in [4.69, 9.17) is 9.47 Å². The Hall–Kier alpha value is -1.62. The van der Waals surface area contributed by atoms with Crippen LogP contribution in [0.2, 0.25) is 0 Å². The van der Waals surface area contributed by atoms with Crippen molar-refractivity contribution >= 4 is 10.8 Å². The summed E-state index contributed by atoms with van der Waals surface area (Å²) < 4.78 is 11.3. The maximum absolute atomic E-state index is 10.4. The molecule has 134 valence electrons. The number of hydrogen-bond donors (Lipinski definition) is 1. The molecule has 4 nitrogen and oxygen atoms in total. The molecule has 1 unspecified atom stereocenters. The van der Waals surface area contributed by atoms with Crippen molar-refractivity contribution in [2.24, 2.45) is 0 Å². The summed E-state index contributed by atoms with van der Waals surface area (Å²) in [5.74, 6) is 0.896. The highest BCUT2D eigenvalue weighted by atomic mass is 16.5. The Bertz CT molecular complexity index is 737. The number of piperidine rings is 1. The Kier molecular flexibility index (Phi) is 4.67. The summed E-state index contributed by atoms with van der Waals surface area (Å²) in [5.41, 5.74) is 1.05. The van der Waals surface area contributed by atoms with Gasteiger partial charge in [-0.05, 0) is 60.2 Å². The number of hydrogen-bond acceptors (Lipinski definition) is 4. The molecule has 0 radical (unpaired) electrons. The lowest BCUT2D eigenvalue weighted by atomic mass is 9.82. The molecule has 0 aliphatic carbocycles. The lowest BCUT2D eigenvalue weighted by Crippen LogP contribution is -2.55. The summed E-state index contributed by atoms with van der Waals surface area (Å²) >= 11 is 0. The van der Waals surface area contributed by atoms with Crippen LogP contribution < -0.4 is 4.74 Å². The molecular formula is C21H27NO3. The van der Waals surface area contributed by atoms with Gasteiger partial charge in [-0.25, -0.2) is 0 Å². The second kappa shape index (κ2) is 6.94. The van der Waals surface area contributed by atoms with Gasteiger partial charge in [0.1, 0.15) is 5.75 Å². The molecule has 2 aromatic carbocycles. The molecule has 2 aliphatic heterocycles. The minimum absolute atomic E-state index is 0.283. The van der Waals surface area contributed by atoms with E-state index in [1.807, 2.05) is 6.07 Å². The largest absolute Gasteiger partial charge is 0.497 e. The summed E-state index contributed by atoms with van der Waals surface area (Å²) in [7, 11) is 1.70. The zero-order chi connectivity index (χ0) is 17.3. The normalized spacial score (nSPS) is 23.8. The average molecular weight is 341 g/mol. The van der Waals surface area contributed by atoms with E-state index in [2.05, 4.69) is 35.2 Å². The average Bonchev–Trinajstić information content (AvgIpc) is 2.65. The van der Waals surface area contributed by atoms with Crippen molar-refractivity contribution in [2.45, 2.75) is 43.9 Å². The van der Waals surface area contributed by atoms with E-state index < -0.39 is 0 Å². The molecule has 1 atom stereocenters. The lowest BCUT2D eigenvalue weighted by molar-refractivity contribution is -0.177. The van der Waals surface area contributed by atoms with Crippen LogP contribution in [0.5, 0.6) is 5.75 Å². The Morgan fingerprint density at radius 3 is 2.68 bits per heavy atom. The molecule has 2 aromatic rings. The first-order valence-electron chi connectivity index (χ1n) is 9.30. The van der Waals surface area contributed by atoms with Gasteiger partial charge < -0.3 is 14.6 Å². The predicted octanol–water partition coefficient (Wildman–Crippen LogP) is 3.35. The van der Waals surface area contributed by atoms with Gasteiger partial charge in [-0.15, -0.1) is 0 Å².